The number of nitrogens with one attached hydrogen (secondary N) is 2. The second kappa shape index (κ2) is 10.2. The first kappa shape index (κ1) is 22.5. The van der Waals surface area contributed by atoms with Gasteiger partial charge in [-0.05, 0) is 42.8 Å². The van der Waals surface area contributed by atoms with Gasteiger partial charge in [-0.25, -0.2) is 13.8 Å². The average Bonchev–Trinajstić information content (AvgIpc) is 3.22. The van der Waals surface area contributed by atoms with Crippen LogP contribution in [0.25, 0.3) is 22.4 Å². The van der Waals surface area contributed by atoms with Crippen LogP contribution in [-0.2, 0) is 0 Å². The summed E-state index contributed by atoms with van der Waals surface area (Å²) in [4.78, 5) is 33.0. The van der Waals surface area contributed by atoms with Crippen LogP contribution in [-0.4, -0.2) is 27.4 Å². The molecule has 10 heteroatoms. The first-order valence-electron chi connectivity index (χ1n) is 9.68. The minimum atomic E-state index is -1.10. The maximum absolute atomic E-state index is 14.0. The zero-order valence-electron chi connectivity index (χ0n) is 17.1. The molecule has 4 rings (SSSR count). The summed E-state index contributed by atoms with van der Waals surface area (Å²) in [5.41, 5.74) is 6.75. The van der Waals surface area contributed by atoms with Crippen LogP contribution in [0.5, 0.6) is 0 Å². The molecule has 0 unspecified atom stereocenters. The molecule has 0 radical (unpaired) electrons. The molecule has 1 aromatic carbocycles. The molecule has 3 heterocycles. The number of benzene rings is 1. The number of nitrogens with two attached hydrogens (primary N) is 1. The maximum atomic E-state index is 14.0. The van der Waals surface area contributed by atoms with E-state index in [1.54, 1.807) is 12.3 Å². The maximum Gasteiger partial charge on any atom is 0.261 e. The van der Waals surface area contributed by atoms with Crippen LogP contribution in [0.4, 0.5) is 20.2 Å². The van der Waals surface area contributed by atoms with Gasteiger partial charge in [-0.1, -0.05) is 18.2 Å². The standard InChI is InChI=1S/C19H13F2N5O.C3H7NO/c20-12-4-5-13(22)17(21)16(12)19(27)25-11-7-10-8-15(26-18(10)24-9-11)14-3-1-2-6-23-14;1-2-3-4-5/h1-9H,22H2,(H,24,26)(H,25,27);2-3H2,1H3. The number of hydrogen-bond donors (Lipinski definition) is 3. The van der Waals surface area contributed by atoms with Crippen LogP contribution in [0.15, 0.2) is 60.0 Å². The van der Waals surface area contributed by atoms with Crippen molar-refractivity contribution in [1.82, 2.24) is 15.0 Å². The quantitative estimate of drug-likeness (QED) is 0.302. The molecule has 0 fully saturated rings. The molecular formula is C22H20F2N6O2. The molecule has 0 saturated carbocycles. The largest absolute Gasteiger partial charge is 0.396 e. The number of carbonyl (C=O) groups is 1. The van der Waals surface area contributed by atoms with Gasteiger partial charge in [0.2, 0.25) is 0 Å². The summed E-state index contributed by atoms with van der Waals surface area (Å²) >= 11 is 0. The van der Waals surface area contributed by atoms with Gasteiger partial charge < -0.3 is 16.0 Å². The van der Waals surface area contributed by atoms with Crippen molar-refractivity contribution in [3.63, 3.8) is 0 Å². The van der Waals surface area contributed by atoms with Gasteiger partial charge in [0.15, 0.2) is 5.82 Å². The number of rotatable bonds is 5. The number of pyridine rings is 2. The minimum absolute atomic E-state index is 0.292. The molecule has 0 spiro atoms. The lowest BCUT2D eigenvalue weighted by atomic mass is 10.1. The normalized spacial score (nSPS) is 10.3. The van der Waals surface area contributed by atoms with E-state index in [-0.39, 0.29) is 5.69 Å². The van der Waals surface area contributed by atoms with E-state index < -0.39 is 23.1 Å². The minimum Gasteiger partial charge on any atom is -0.396 e. The second-order valence-electron chi connectivity index (χ2n) is 6.69. The number of nitroso groups, excluding NO2 is 1. The number of aromatic nitrogens is 3. The van der Waals surface area contributed by atoms with Crippen LogP contribution in [0.1, 0.15) is 23.7 Å². The molecule has 4 N–H and O–H groups in total. The molecule has 0 saturated heterocycles. The molecule has 0 aliphatic carbocycles. The number of hydrogen-bond acceptors (Lipinski definition) is 6. The van der Waals surface area contributed by atoms with Crippen molar-refractivity contribution >= 4 is 28.3 Å². The fourth-order valence-corrected chi connectivity index (χ4v) is 2.81. The number of H-pyrrole nitrogens is 1. The first-order chi connectivity index (χ1) is 15.4. The summed E-state index contributed by atoms with van der Waals surface area (Å²) < 4.78 is 27.8. The Balaban J connectivity index is 0.000000523. The number of anilines is 2. The summed E-state index contributed by atoms with van der Waals surface area (Å²) in [5.74, 6) is -3.04. The SMILES string of the molecule is CCCN=O.Nc1ccc(F)c(C(=O)Nc2cnc3[nH]c(-c4ccccn4)cc3c2)c1F. The molecule has 0 atom stereocenters. The number of carbonyl (C=O) groups excluding carboxylic acids is 1. The Kier molecular flexibility index (Phi) is 7.17. The summed E-state index contributed by atoms with van der Waals surface area (Å²) in [7, 11) is 0. The zero-order valence-corrected chi connectivity index (χ0v) is 17.1. The summed E-state index contributed by atoms with van der Waals surface area (Å²) in [6.45, 7) is 2.38. The molecule has 32 heavy (non-hydrogen) atoms. The second-order valence-corrected chi connectivity index (χ2v) is 6.69. The van der Waals surface area contributed by atoms with Gasteiger partial charge in [-0.2, -0.15) is 4.91 Å². The van der Waals surface area contributed by atoms with E-state index in [1.807, 2.05) is 31.2 Å². The highest BCUT2D eigenvalue weighted by Gasteiger charge is 2.20. The molecule has 0 aliphatic heterocycles. The van der Waals surface area contributed by atoms with Gasteiger partial charge in [-0.15, -0.1) is 0 Å². The van der Waals surface area contributed by atoms with Gasteiger partial charge in [0, 0.05) is 11.6 Å². The van der Waals surface area contributed by atoms with E-state index in [2.05, 4.69) is 25.4 Å². The van der Waals surface area contributed by atoms with Crippen LogP contribution in [0, 0.1) is 16.5 Å². The predicted octanol–water partition coefficient (Wildman–Crippen LogP) is 4.90. The molecule has 1 amide bonds. The molecular weight excluding hydrogens is 418 g/mol. The Hall–Kier alpha value is -4.21. The Bertz CT molecular complexity index is 1240. The fourth-order valence-electron chi connectivity index (χ4n) is 2.81. The molecule has 4 aromatic rings. The topological polar surface area (TPSA) is 126 Å². The smallest absolute Gasteiger partial charge is 0.261 e. The monoisotopic (exact) mass is 438 g/mol. The molecule has 3 aromatic heterocycles. The highest BCUT2D eigenvalue weighted by Crippen LogP contribution is 2.24. The number of aromatic amines is 1. The number of amides is 1. The van der Waals surface area contributed by atoms with E-state index in [0.29, 0.717) is 23.3 Å². The third kappa shape index (κ3) is 5.09. The summed E-state index contributed by atoms with van der Waals surface area (Å²) in [6.07, 6.45) is 3.93. The van der Waals surface area contributed by atoms with Crippen molar-refractivity contribution in [3.05, 3.63) is 77.0 Å². The van der Waals surface area contributed by atoms with Gasteiger partial charge >= 0.3 is 0 Å². The third-order valence-electron chi connectivity index (χ3n) is 4.33. The Morgan fingerprint density at radius 3 is 2.66 bits per heavy atom. The van der Waals surface area contributed by atoms with Crippen molar-refractivity contribution in [1.29, 1.82) is 0 Å². The van der Waals surface area contributed by atoms with Crippen molar-refractivity contribution in [2.24, 2.45) is 5.18 Å². The van der Waals surface area contributed by atoms with Crippen molar-refractivity contribution in [2.45, 2.75) is 13.3 Å². The lowest BCUT2D eigenvalue weighted by Crippen LogP contribution is -2.17. The highest BCUT2D eigenvalue weighted by molar-refractivity contribution is 6.05. The highest BCUT2D eigenvalue weighted by atomic mass is 19.1. The Morgan fingerprint density at radius 1 is 1.19 bits per heavy atom. The van der Waals surface area contributed by atoms with E-state index in [1.165, 1.54) is 6.20 Å². The summed E-state index contributed by atoms with van der Waals surface area (Å²) in [5, 5.41) is 5.76. The number of nitrogens with zero attached hydrogens (tertiary/aromatic N) is 3. The van der Waals surface area contributed by atoms with Gasteiger partial charge in [0.25, 0.3) is 5.91 Å². The molecule has 0 bridgehead atoms. The van der Waals surface area contributed by atoms with Gasteiger partial charge in [0.05, 0.1) is 35.5 Å². The predicted molar refractivity (Wildman–Crippen MR) is 119 cm³/mol. The van der Waals surface area contributed by atoms with Crippen molar-refractivity contribution < 1.29 is 13.6 Å². The number of fused-ring (bicyclic) bond motifs is 1. The van der Waals surface area contributed by atoms with E-state index in [4.69, 9.17) is 10.6 Å². The number of nitrogen functional groups attached to an aromatic ring is 1. The molecule has 164 valence electrons. The Labute approximate surface area is 181 Å². The van der Waals surface area contributed by atoms with E-state index in [0.717, 1.165) is 29.9 Å². The van der Waals surface area contributed by atoms with E-state index >= 15 is 0 Å². The van der Waals surface area contributed by atoms with Gasteiger partial charge in [-0.3, -0.25) is 9.78 Å². The first-order valence-corrected chi connectivity index (χ1v) is 9.68. The molecule has 0 aliphatic rings. The van der Waals surface area contributed by atoms with Crippen molar-refractivity contribution in [2.75, 3.05) is 17.6 Å². The average molecular weight is 438 g/mol. The lowest BCUT2D eigenvalue weighted by Gasteiger charge is -2.08. The van der Waals surface area contributed by atoms with Crippen LogP contribution in [0.3, 0.4) is 0 Å². The van der Waals surface area contributed by atoms with Crippen LogP contribution >= 0.6 is 0 Å². The fraction of sp³-hybridized carbons (Fsp3) is 0.136. The van der Waals surface area contributed by atoms with Crippen molar-refractivity contribution in [3.8, 4) is 11.4 Å². The van der Waals surface area contributed by atoms with E-state index in [9.17, 15) is 13.6 Å². The third-order valence-corrected chi connectivity index (χ3v) is 4.33. The van der Waals surface area contributed by atoms with Gasteiger partial charge in [0.1, 0.15) is 17.0 Å². The Morgan fingerprint density at radius 2 is 2.00 bits per heavy atom. The molecule has 8 nitrogen and oxygen atoms in total. The number of halogens is 2. The van der Waals surface area contributed by atoms with Crippen LogP contribution < -0.4 is 11.1 Å². The van der Waals surface area contributed by atoms with Crippen LogP contribution in [0.2, 0.25) is 0 Å². The zero-order chi connectivity index (χ0) is 23.1. The lowest BCUT2D eigenvalue weighted by molar-refractivity contribution is 0.101. The summed E-state index contributed by atoms with van der Waals surface area (Å²) in [6, 6.07) is 11.0.